The lowest BCUT2D eigenvalue weighted by molar-refractivity contribution is 0.620. The van der Waals surface area contributed by atoms with Crippen LogP contribution < -0.4 is 5.32 Å². The Morgan fingerprint density at radius 2 is 1.82 bits per heavy atom. The van der Waals surface area contributed by atoms with Crippen molar-refractivity contribution in [3.63, 3.8) is 0 Å². The summed E-state index contributed by atoms with van der Waals surface area (Å²) in [7, 11) is 0. The molecule has 0 bridgehead atoms. The SMILES string of the molecule is CCC[CH]NCCCCCC. The average molecular weight is 156 g/mol. The van der Waals surface area contributed by atoms with Crippen molar-refractivity contribution in [2.75, 3.05) is 6.54 Å². The highest BCUT2D eigenvalue weighted by Gasteiger charge is 1.87. The molecule has 0 rings (SSSR count). The van der Waals surface area contributed by atoms with Crippen LogP contribution in [0.25, 0.3) is 0 Å². The van der Waals surface area contributed by atoms with Crippen LogP contribution >= 0.6 is 0 Å². The zero-order valence-corrected chi connectivity index (χ0v) is 8.03. The van der Waals surface area contributed by atoms with Crippen molar-refractivity contribution in [3.8, 4) is 0 Å². The first kappa shape index (κ1) is 11.0. The number of unbranched alkanes of at least 4 members (excludes halogenated alkanes) is 4. The number of rotatable bonds is 8. The maximum Gasteiger partial charge on any atom is 0.0221 e. The molecule has 0 heterocycles. The van der Waals surface area contributed by atoms with Crippen LogP contribution in [0.4, 0.5) is 0 Å². The van der Waals surface area contributed by atoms with Crippen LogP contribution in [0.3, 0.4) is 0 Å². The second-order valence-corrected chi connectivity index (χ2v) is 3.01. The van der Waals surface area contributed by atoms with Gasteiger partial charge in [0.2, 0.25) is 0 Å². The first-order valence-corrected chi connectivity index (χ1v) is 4.96. The van der Waals surface area contributed by atoms with Crippen LogP contribution in [-0.4, -0.2) is 6.54 Å². The molecule has 1 heteroatoms. The topological polar surface area (TPSA) is 12.0 Å². The van der Waals surface area contributed by atoms with Crippen molar-refractivity contribution >= 4 is 0 Å². The number of nitrogens with one attached hydrogen (secondary N) is 1. The van der Waals surface area contributed by atoms with E-state index in [9.17, 15) is 0 Å². The van der Waals surface area contributed by atoms with Gasteiger partial charge in [0.25, 0.3) is 0 Å². The minimum Gasteiger partial charge on any atom is -0.312 e. The van der Waals surface area contributed by atoms with Crippen LogP contribution in [0, 0.1) is 6.54 Å². The van der Waals surface area contributed by atoms with E-state index in [1.165, 1.54) is 45.1 Å². The molecule has 0 aromatic carbocycles. The summed E-state index contributed by atoms with van der Waals surface area (Å²) >= 11 is 0. The van der Waals surface area contributed by atoms with Crippen LogP contribution in [0.15, 0.2) is 0 Å². The molecule has 0 aromatic rings. The first-order chi connectivity index (χ1) is 5.41. The summed E-state index contributed by atoms with van der Waals surface area (Å²) in [5.74, 6) is 0. The maximum absolute atomic E-state index is 3.32. The lowest BCUT2D eigenvalue weighted by Gasteiger charge is -2.01. The van der Waals surface area contributed by atoms with Gasteiger partial charge in [0.15, 0.2) is 0 Å². The molecular weight excluding hydrogens is 134 g/mol. The molecule has 1 radical (unpaired) electrons. The van der Waals surface area contributed by atoms with Gasteiger partial charge in [-0.3, -0.25) is 0 Å². The molecule has 67 valence electrons. The molecule has 1 nitrogen and oxygen atoms in total. The largest absolute Gasteiger partial charge is 0.312 e. The van der Waals surface area contributed by atoms with Crippen molar-refractivity contribution in [2.24, 2.45) is 0 Å². The average Bonchev–Trinajstić information content (AvgIpc) is 2.03. The normalized spacial score (nSPS) is 10.4. The summed E-state index contributed by atoms with van der Waals surface area (Å²) < 4.78 is 0. The lowest BCUT2D eigenvalue weighted by atomic mass is 10.2. The summed E-state index contributed by atoms with van der Waals surface area (Å²) in [5.41, 5.74) is 0. The van der Waals surface area contributed by atoms with Crippen LogP contribution in [0.5, 0.6) is 0 Å². The van der Waals surface area contributed by atoms with Gasteiger partial charge in [-0.25, -0.2) is 0 Å². The van der Waals surface area contributed by atoms with Gasteiger partial charge in [-0.1, -0.05) is 39.5 Å². The lowest BCUT2D eigenvalue weighted by Crippen LogP contribution is -2.11. The Balaban J connectivity index is 2.69. The third-order valence-electron chi connectivity index (χ3n) is 1.75. The fourth-order valence-electron chi connectivity index (χ4n) is 1.00. The second-order valence-electron chi connectivity index (χ2n) is 3.01. The van der Waals surface area contributed by atoms with Crippen molar-refractivity contribution in [3.05, 3.63) is 6.54 Å². The first-order valence-electron chi connectivity index (χ1n) is 4.96. The van der Waals surface area contributed by atoms with Gasteiger partial charge in [-0.15, -0.1) is 0 Å². The monoisotopic (exact) mass is 156 g/mol. The third kappa shape index (κ3) is 9.96. The predicted octanol–water partition coefficient (Wildman–Crippen LogP) is 3.12. The zero-order chi connectivity index (χ0) is 8.36. The van der Waals surface area contributed by atoms with E-state index in [0.29, 0.717) is 0 Å². The van der Waals surface area contributed by atoms with Gasteiger partial charge < -0.3 is 5.32 Å². The minimum absolute atomic E-state index is 1.17. The molecule has 0 spiro atoms. The van der Waals surface area contributed by atoms with Gasteiger partial charge in [-0.2, -0.15) is 0 Å². The molecule has 0 aromatic heterocycles. The van der Waals surface area contributed by atoms with Gasteiger partial charge in [0, 0.05) is 6.54 Å². The quantitative estimate of drug-likeness (QED) is 0.532. The van der Waals surface area contributed by atoms with E-state index in [4.69, 9.17) is 0 Å². The van der Waals surface area contributed by atoms with Crippen molar-refractivity contribution < 1.29 is 0 Å². The molecule has 0 saturated carbocycles. The van der Waals surface area contributed by atoms with Gasteiger partial charge in [-0.05, 0) is 19.4 Å². The Morgan fingerprint density at radius 1 is 1.00 bits per heavy atom. The summed E-state index contributed by atoms with van der Waals surface area (Å²) in [6.07, 6.45) is 7.88. The molecule has 0 fully saturated rings. The molecule has 0 amide bonds. The van der Waals surface area contributed by atoms with Gasteiger partial charge in [0.1, 0.15) is 0 Å². The predicted molar refractivity (Wildman–Crippen MR) is 51.4 cm³/mol. The van der Waals surface area contributed by atoms with E-state index in [1.54, 1.807) is 0 Å². The second kappa shape index (κ2) is 9.96. The molecular formula is C10H22N. The smallest absolute Gasteiger partial charge is 0.0221 e. The molecule has 0 aliphatic rings. The molecule has 0 unspecified atom stereocenters. The highest BCUT2D eigenvalue weighted by molar-refractivity contribution is 4.59. The van der Waals surface area contributed by atoms with E-state index in [1.807, 2.05) is 0 Å². The summed E-state index contributed by atoms with van der Waals surface area (Å²) in [6, 6.07) is 0. The van der Waals surface area contributed by atoms with Crippen molar-refractivity contribution in [1.82, 2.24) is 5.32 Å². The van der Waals surface area contributed by atoms with Gasteiger partial charge >= 0.3 is 0 Å². The Hall–Kier alpha value is -0.0400. The van der Waals surface area contributed by atoms with Crippen LogP contribution in [0.2, 0.25) is 0 Å². The van der Waals surface area contributed by atoms with E-state index in [0.717, 1.165) is 0 Å². The highest BCUT2D eigenvalue weighted by atomic mass is 14.8. The van der Waals surface area contributed by atoms with E-state index in [-0.39, 0.29) is 0 Å². The zero-order valence-electron chi connectivity index (χ0n) is 8.03. The van der Waals surface area contributed by atoms with Crippen molar-refractivity contribution in [1.29, 1.82) is 0 Å². The molecule has 1 N–H and O–H groups in total. The molecule has 0 atom stereocenters. The molecule has 11 heavy (non-hydrogen) atoms. The van der Waals surface area contributed by atoms with E-state index >= 15 is 0 Å². The summed E-state index contributed by atoms with van der Waals surface area (Å²) in [6.45, 7) is 7.80. The highest BCUT2D eigenvalue weighted by Crippen LogP contribution is 1.97. The van der Waals surface area contributed by atoms with E-state index in [2.05, 4.69) is 25.7 Å². The molecule has 0 saturated heterocycles. The number of hydrogen-bond acceptors (Lipinski definition) is 1. The maximum atomic E-state index is 3.32. The van der Waals surface area contributed by atoms with Gasteiger partial charge in [0.05, 0.1) is 0 Å². The molecule has 0 aliphatic carbocycles. The molecule has 0 aliphatic heterocycles. The van der Waals surface area contributed by atoms with E-state index < -0.39 is 0 Å². The third-order valence-corrected chi connectivity index (χ3v) is 1.75. The number of hydrogen-bond donors (Lipinski definition) is 1. The Bertz CT molecular complexity index is 53.9. The Kier molecular flexibility index (Phi) is 9.92. The minimum atomic E-state index is 1.17. The fraction of sp³-hybridized carbons (Fsp3) is 0.900. The van der Waals surface area contributed by atoms with Crippen LogP contribution in [0.1, 0.15) is 52.4 Å². The Morgan fingerprint density at radius 3 is 2.45 bits per heavy atom. The fourth-order valence-corrected chi connectivity index (χ4v) is 1.00. The summed E-state index contributed by atoms with van der Waals surface area (Å²) in [5, 5.41) is 3.32. The standard InChI is InChI=1S/C10H22N/c1-3-5-7-8-10-11-9-6-4-2/h9,11H,3-8,10H2,1-2H3. The Labute approximate surface area is 71.6 Å². The van der Waals surface area contributed by atoms with Crippen molar-refractivity contribution in [2.45, 2.75) is 52.4 Å². The van der Waals surface area contributed by atoms with Crippen LogP contribution in [-0.2, 0) is 0 Å². The summed E-state index contributed by atoms with van der Waals surface area (Å²) in [4.78, 5) is 0.